The summed E-state index contributed by atoms with van der Waals surface area (Å²) in [4.78, 5) is 10.3. The van der Waals surface area contributed by atoms with Gasteiger partial charge in [0.1, 0.15) is 6.10 Å². The van der Waals surface area contributed by atoms with Crippen molar-refractivity contribution in [3.63, 3.8) is 0 Å². The Morgan fingerprint density at radius 2 is 2.56 bits per heavy atom. The van der Waals surface area contributed by atoms with Gasteiger partial charge in [-0.25, -0.2) is 4.79 Å². The van der Waals surface area contributed by atoms with Gasteiger partial charge in [-0.15, -0.1) is 0 Å². The summed E-state index contributed by atoms with van der Waals surface area (Å²) < 4.78 is 16.7. The zero-order valence-electron chi connectivity index (χ0n) is 5.06. The quantitative estimate of drug-likeness (QED) is 0.498. The summed E-state index contributed by atoms with van der Waals surface area (Å²) in [6, 6.07) is 0. The van der Waals surface area contributed by atoms with Crippen LogP contribution in [-0.4, -0.2) is 12.1 Å². The molecule has 0 amide bonds. The minimum absolute atomic E-state index is 0.336. The number of carbonyl (C=O) groups is 1. The second kappa shape index (κ2) is 2.17. The summed E-state index contributed by atoms with van der Waals surface area (Å²) in [5.41, 5.74) is 0. The van der Waals surface area contributed by atoms with Gasteiger partial charge in [-0.1, -0.05) is 6.92 Å². The molecule has 0 aliphatic carbocycles. The van der Waals surface area contributed by atoms with E-state index in [1.165, 1.54) is 6.08 Å². The number of ether oxygens (including phenoxy) is 1. The fourth-order valence-electron chi connectivity index (χ4n) is 0.660. The number of carbonyl (C=O) groups excluding carboxylic acids is 1. The van der Waals surface area contributed by atoms with E-state index in [9.17, 15) is 9.18 Å². The van der Waals surface area contributed by atoms with Crippen molar-refractivity contribution in [2.45, 2.75) is 19.4 Å². The fraction of sp³-hybridized carbons (Fsp3) is 0.500. The molecule has 0 spiro atoms. The predicted molar refractivity (Wildman–Crippen MR) is 29.4 cm³/mol. The molecular formula is C6H7FO2. The first-order chi connectivity index (χ1) is 4.24. The van der Waals surface area contributed by atoms with E-state index in [1.54, 1.807) is 0 Å². The molecule has 0 bridgehead atoms. The largest absolute Gasteiger partial charge is 0.453 e. The Labute approximate surface area is 52.3 Å². The molecule has 0 fully saturated rings. The molecule has 0 aromatic carbocycles. The lowest BCUT2D eigenvalue weighted by molar-refractivity contribution is -0.141. The molecule has 0 saturated heterocycles. The number of rotatable bonds is 1. The van der Waals surface area contributed by atoms with Crippen LogP contribution < -0.4 is 0 Å². The third kappa shape index (κ3) is 1.09. The molecule has 1 aliphatic rings. The van der Waals surface area contributed by atoms with Crippen molar-refractivity contribution in [2.75, 3.05) is 0 Å². The van der Waals surface area contributed by atoms with E-state index >= 15 is 0 Å². The van der Waals surface area contributed by atoms with Gasteiger partial charge in [-0.3, -0.25) is 0 Å². The van der Waals surface area contributed by atoms with Crippen molar-refractivity contribution in [3.8, 4) is 0 Å². The Bertz CT molecular complexity index is 162. The Balaban J connectivity index is 2.62. The summed E-state index contributed by atoms with van der Waals surface area (Å²) >= 11 is 0. The van der Waals surface area contributed by atoms with Crippen molar-refractivity contribution >= 4 is 5.97 Å². The first-order valence-electron chi connectivity index (χ1n) is 2.82. The van der Waals surface area contributed by atoms with E-state index in [1.807, 2.05) is 6.92 Å². The lowest BCUT2D eigenvalue weighted by Gasteiger charge is -2.00. The van der Waals surface area contributed by atoms with Crippen molar-refractivity contribution < 1.29 is 13.9 Å². The zero-order chi connectivity index (χ0) is 6.85. The summed E-state index contributed by atoms with van der Waals surface area (Å²) in [6.07, 6.45) is 1.50. The maximum absolute atomic E-state index is 12.1. The van der Waals surface area contributed by atoms with Crippen LogP contribution in [0, 0.1) is 0 Å². The number of cyclic esters (lactones) is 1. The van der Waals surface area contributed by atoms with E-state index in [0.29, 0.717) is 6.42 Å². The highest BCUT2D eigenvalue weighted by Crippen LogP contribution is 2.15. The van der Waals surface area contributed by atoms with Crippen molar-refractivity contribution in [3.05, 3.63) is 11.9 Å². The number of hydrogen-bond acceptors (Lipinski definition) is 2. The van der Waals surface area contributed by atoms with Crippen LogP contribution in [-0.2, 0) is 9.53 Å². The van der Waals surface area contributed by atoms with Crippen molar-refractivity contribution in [1.82, 2.24) is 0 Å². The molecule has 1 aliphatic heterocycles. The molecule has 0 aromatic heterocycles. The maximum atomic E-state index is 12.1. The van der Waals surface area contributed by atoms with Crippen LogP contribution in [0.4, 0.5) is 4.39 Å². The third-order valence-electron chi connectivity index (χ3n) is 1.19. The lowest BCUT2D eigenvalue weighted by atomic mass is 10.3. The van der Waals surface area contributed by atoms with Gasteiger partial charge >= 0.3 is 5.97 Å². The van der Waals surface area contributed by atoms with Crippen LogP contribution in [0.25, 0.3) is 0 Å². The summed E-state index contributed by atoms with van der Waals surface area (Å²) in [7, 11) is 0. The van der Waals surface area contributed by atoms with Gasteiger partial charge in [0.25, 0.3) is 0 Å². The van der Waals surface area contributed by atoms with E-state index < -0.39 is 11.8 Å². The van der Waals surface area contributed by atoms with Crippen LogP contribution in [0.3, 0.4) is 0 Å². The maximum Gasteiger partial charge on any atom is 0.367 e. The van der Waals surface area contributed by atoms with Gasteiger partial charge in [0, 0.05) is 0 Å². The third-order valence-corrected chi connectivity index (χ3v) is 1.19. The molecule has 3 heteroatoms. The molecule has 9 heavy (non-hydrogen) atoms. The molecule has 2 nitrogen and oxygen atoms in total. The molecule has 50 valence electrons. The van der Waals surface area contributed by atoms with E-state index in [2.05, 4.69) is 4.74 Å². The van der Waals surface area contributed by atoms with Crippen LogP contribution in [0.1, 0.15) is 13.3 Å². The lowest BCUT2D eigenvalue weighted by Crippen LogP contribution is -2.05. The van der Waals surface area contributed by atoms with Crippen molar-refractivity contribution in [1.29, 1.82) is 0 Å². The second-order valence-corrected chi connectivity index (χ2v) is 1.87. The average molecular weight is 130 g/mol. The highest BCUT2D eigenvalue weighted by atomic mass is 19.1. The Kier molecular flexibility index (Phi) is 1.51. The van der Waals surface area contributed by atoms with Gasteiger partial charge < -0.3 is 4.74 Å². The number of esters is 1. The van der Waals surface area contributed by atoms with Gasteiger partial charge in [-0.2, -0.15) is 4.39 Å². The van der Waals surface area contributed by atoms with Crippen LogP contribution in [0.2, 0.25) is 0 Å². The van der Waals surface area contributed by atoms with Crippen LogP contribution in [0.15, 0.2) is 11.9 Å². The molecule has 1 rings (SSSR count). The Morgan fingerprint density at radius 1 is 1.89 bits per heavy atom. The van der Waals surface area contributed by atoms with E-state index in [4.69, 9.17) is 0 Å². The average Bonchev–Trinajstić information content (AvgIpc) is 2.13. The molecule has 0 aromatic rings. The van der Waals surface area contributed by atoms with Crippen molar-refractivity contribution in [2.24, 2.45) is 0 Å². The monoisotopic (exact) mass is 130 g/mol. The summed E-state index contributed by atoms with van der Waals surface area (Å²) in [5, 5.41) is 0. The minimum atomic E-state index is -0.832. The highest BCUT2D eigenvalue weighted by Gasteiger charge is 2.23. The molecule has 0 radical (unpaired) electrons. The summed E-state index contributed by atoms with van der Waals surface area (Å²) in [6.45, 7) is 1.83. The summed E-state index contributed by atoms with van der Waals surface area (Å²) in [5.74, 6) is -1.59. The standard InChI is InChI=1S/C6H7FO2/c1-2-4-3-5(7)6(8)9-4/h3-4H,2H2,1H3/t4-/m0/s1. The molecule has 1 heterocycles. The molecule has 0 N–H and O–H groups in total. The van der Waals surface area contributed by atoms with Gasteiger partial charge in [0.2, 0.25) is 5.83 Å². The first kappa shape index (κ1) is 6.26. The fourth-order valence-corrected chi connectivity index (χ4v) is 0.660. The minimum Gasteiger partial charge on any atom is -0.453 e. The molecular weight excluding hydrogens is 123 g/mol. The SMILES string of the molecule is CC[C@H]1C=C(F)C(=O)O1. The van der Waals surface area contributed by atoms with E-state index in [-0.39, 0.29) is 6.10 Å². The normalized spacial score (nSPS) is 25.8. The van der Waals surface area contributed by atoms with Crippen LogP contribution >= 0.6 is 0 Å². The topological polar surface area (TPSA) is 26.3 Å². The Hall–Kier alpha value is -0.860. The first-order valence-corrected chi connectivity index (χ1v) is 2.82. The van der Waals surface area contributed by atoms with Gasteiger partial charge in [0.05, 0.1) is 0 Å². The van der Waals surface area contributed by atoms with Crippen LogP contribution in [0.5, 0.6) is 0 Å². The number of hydrogen-bond donors (Lipinski definition) is 0. The smallest absolute Gasteiger partial charge is 0.367 e. The van der Waals surface area contributed by atoms with Gasteiger partial charge in [-0.05, 0) is 12.5 Å². The highest BCUT2D eigenvalue weighted by molar-refractivity contribution is 5.88. The zero-order valence-corrected chi connectivity index (χ0v) is 5.06. The molecule has 0 unspecified atom stereocenters. The second-order valence-electron chi connectivity index (χ2n) is 1.87. The Morgan fingerprint density at radius 3 is 2.78 bits per heavy atom. The molecule has 0 saturated carbocycles. The van der Waals surface area contributed by atoms with Gasteiger partial charge in [0.15, 0.2) is 0 Å². The molecule has 1 atom stereocenters. The van der Waals surface area contributed by atoms with E-state index in [0.717, 1.165) is 0 Å². The predicted octanol–water partition coefficient (Wildman–Crippen LogP) is 1.18. The number of halogens is 1.